The first kappa shape index (κ1) is 13.0. The SMILES string of the molecule is CCNC(c1ccccc1F)c1ccncc1Cl. The van der Waals surface area contributed by atoms with Gasteiger partial charge in [0.15, 0.2) is 0 Å². The highest BCUT2D eigenvalue weighted by atomic mass is 35.5. The fourth-order valence-electron chi connectivity index (χ4n) is 1.92. The van der Waals surface area contributed by atoms with E-state index in [0.717, 1.165) is 12.1 Å². The number of hydrogen-bond donors (Lipinski definition) is 1. The molecule has 1 unspecified atom stereocenters. The van der Waals surface area contributed by atoms with Gasteiger partial charge in [-0.2, -0.15) is 0 Å². The quantitative estimate of drug-likeness (QED) is 0.913. The van der Waals surface area contributed by atoms with Gasteiger partial charge in [0.2, 0.25) is 0 Å². The maximum absolute atomic E-state index is 13.9. The minimum absolute atomic E-state index is 0.240. The van der Waals surface area contributed by atoms with Crippen LogP contribution in [0.15, 0.2) is 42.7 Å². The zero-order valence-corrected chi connectivity index (χ0v) is 10.8. The largest absolute Gasteiger partial charge is 0.306 e. The maximum Gasteiger partial charge on any atom is 0.128 e. The third kappa shape index (κ3) is 2.68. The molecule has 18 heavy (non-hydrogen) atoms. The summed E-state index contributed by atoms with van der Waals surface area (Å²) in [5.41, 5.74) is 1.42. The Hall–Kier alpha value is -1.45. The molecule has 0 saturated carbocycles. The first-order valence-corrected chi connectivity index (χ1v) is 6.19. The standard InChI is InChI=1S/C14H14ClFN2/c1-2-18-14(10-7-8-17-9-12(10)15)11-5-3-4-6-13(11)16/h3-9,14,18H,2H2,1H3. The monoisotopic (exact) mass is 264 g/mol. The molecular formula is C14H14ClFN2. The Morgan fingerprint density at radius 3 is 2.72 bits per heavy atom. The van der Waals surface area contributed by atoms with Crippen molar-refractivity contribution in [3.8, 4) is 0 Å². The fraction of sp³-hybridized carbons (Fsp3) is 0.214. The van der Waals surface area contributed by atoms with Crippen molar-refractivity contribution in [2.45, 2.75) is 13.0 Å². The van der Waals surface area contributed by atoms with Gasteiger partial charge in [-0.1, -0.05) is 36.7 Å². The van der Waals surface area contributed by atoms with Gasteiger partial charge in [-0.25, -0.2) is 4.39 Å². The van der Waals surface area contributed by atoms with Gasteiger partial charge < -0.3 is 5.32 Å². The van der Waals surface area contributed by atoms with Crippen molar-refractivity contribution in [1.29, 1.82) is 0 Å². The highest BCUT2D eigenvalue weighted by Crippen LogP contribution is 2.28. The third-order valence-electron chi connectivity index (χ3n) is 2.74. The van der Waals surface area contributed by atoms with Crippen LogP contribution in [0.5, 0.6) is 0 Å². The molecule has 4 heteroatoms. The molecule has 0 aliphatic carbocycles. The van der Waals surface area contributed by atoms with Crippen molar-refractivity contribution in [3.63, 3.8) is 0 Å². The lowest BCUT2D eigenvalue weighted by Crippen LogP contribution is -2.23. The minimum Gasteiger partial charge on any atom is -0.306 e. The van der Waals surface area contributed by atoms with Gasteiger partial charge in [0, 0.05) is 18.0 Å². The van der Waals surface area contributed by atoms with Crippen LogP contribution < -0.4 is 5.32 Å². The number of rotatable bonds is 4. The molecule has 0 aliphatic rings. The van der Waals surface area contributed by atoms with E-state index in [1.807, 2.05) is 19.1 Å². The molecule has 0 spiro atoms. The molecule has 94 valence electrons. The predicted molar refractivity (Wildman–Crippen MR) is 71.2 cm³/mol. The highest BCUT2D eigenvalue weighted by molar-refractivity contribution is 6.31. The third-order valence-corrected chi connectivity index (χ3v) is 3.06. The van der Waals surface area contributed by atoms with Crippen molar-refractivity contribution >= 4 is 11.6 Å². The minimum atomic E-state index is -0.258. The van der Waals surface area contributed by atoms with E-state index >= 15 is 0 Å². The second-order valence-corrected chi connectivity index (χ2v) is 4.32. The summed E-state index contributed by atoms with van der Waals surface area (Å²) in [4.78, 5) is 3.95. The normalized spacial score (nSPS) is 12.4. The summed E-state index contributed by atoms with van der Waals surface area (Å²) in [6, 6.07) is 8.26. The number of nitrogens with one attached hydrogen (secondary N) is 1. The number of hydrogen-bond acceptors (Lipinski definition) is 2. The van der Waals surface area contributed by atoms with E-state index in [1.165, 1.54) is 6.07 Å². The Morgan fingerprint density at radius 2 is 2.06 bits per heavy atom. The van der Waals surface area contributed by atoms with E-state index in [0.29, 0.717) is 10.6 Å². The molecule has 0 saturated heterocycles. The molecule has 0 radical (unpaired) electrons. The van der Waals surface area contributed by atoms with E-state index < -0.39 is 0 Å². The topological polar surface area (TPSA) is 24.9 Å². The Morgan fingerprint density at radius 1 is 1.28 bits per heavy atom. The predicted octanol–water partition coefficient (Wildman–Crippen LogP) is 3.57. The number of nitrogens with zero attached hydrogens (tertiary/aromatic N) is 1. The van der Waals surface area contributed by atoms with Crippen LogP contribution in [0, 0.1) is 5.82 Å². The second kappa shape index (κ2) is 5.94. The van der Waals surface area contributed by atoms with Crippen LogP contribution in [-0.2, 0) is 0 Å². The smallest absolute Gasteiger partial charge is 0.128 e. The summed E-state index contributed by atoms with van der Waals surface area (Å²) in [7, 11) is 0. The fourth-order valence-corrected chi connectivity index (χ4v) is 2.15. The van der Waals surface area contributed by atoms with Crippen LogP contribution in [0.3, 0.4) is 0 Å². The summed E-state index contributed by atoms with van der Waals surface area (Å²) in [6.07, 6.45) is 3.23. The Kier molecular flexibility index (Phi) is 4.28. The van der Waals surface area contributed by atoms with Crippen LogP contribution in [-0.4, -0.2) is 11.5 Å². The van der Waals surface area contributed by atoms with Gasteiger partial charge >= 0.3 is 0 Å². The molecule has 0 bridgehead atoms. The van der Waals surface area contributed by atoms with E-state index in [-0.39, 0.29) is 11.9 Å². The summed E-state index contributed by atoms with van der Waals surface area (Å²) < 4.78 is 13.9. The van der Waals surface area contributed by atoms with Gasteiger partial charge in [0.1, 0.15) is 5.82 Å². The summed E-state index contributed by atoms with van der Waals surface area (Å²) in [5.74, 6) is -0.240. The lowest BCUT2D eigenvalue weighted by molar-refractivity contribution is 0.559. The zero-order chi connectivity index (χ0) is 13.0. The van der Waals surface area contributed by atoms with E-state index in [4.69, 9.17) is 11.6 Å². The first-order valence-electron chi connectivity index (χ1n) is 5.81. The van der Waals surface area contributed by atoms with Gasteiger partial charge in [-0.3, -0.25) is 4.98 Å². The summed E-state index contributed by atoms with van der Waals surface area (Å²) in [5, 5.41) is 3.78. The molecule has 1 aromatic carbocycles. The Balaban J connectivity index is 2.47. The zero-order valence-electron chi connectivity index (χ0n) is 10.0. The number of halogens is 2. The molecule has 2 aromatic rings. The van der Waals surface area contributed by atoms with Gasteiger partial charge in [-0.15, -0.1) is 0 Å². The van der Waals surface area contributed by atoms with Crippen molar-refractivity contribution in [2.24, 2.45) is 0 Å². The van der Waals surface area contributed by atoms with Crippen molar-refractivity contribution in [1.82, 2.24) is 10.3 Å². The molecule has 1 N–H and O–H groups in total. The first-order chi connectivity index (χ1) is 8.74. The molecule has 0 aliphatic heterocycles. The number of pyridine rings is 1. The van der Waals surface area contributed by atoms with Crippen LogP contribution in [0.25, 0.3) is 0 Å². The lowest BCUT2D eigenvalue weighted by atomic mass is 9.99. The molecule has 0 amide bonds. The molecular weight excluding hydrogens is 251 g/mol. The second-order valence-electron chi connectivity index (χ2n) is 3.91. The van der Waals surface area contributed by atoms with Crippen molar-refractivity contribution in [2.75, 3.05) is 6.54 Å². The van der Waals surface area contributed by atoms with Crippen LogP contribution >= 0.6 is 11.6 Å². The van der Waals surface area contributed by atoms with Crippen molar-refractivity contribution in [3.05, 3.63) is 64.7 Å². The number of aromatic nitrogens is 1. The van der Waals surface area contributed by atoms with Crippen LogP contribution in [0.2, 0.25) is 5.02 Å². The van der Waals surface area contributed by atoms with E-state index in [2.05, 4.69) is 10.3 Å². The molecule has 1 aromatic heterocycles. The van der Waals surface area contributed by atoms with Gasteiger partial charge in [0.25, 0.3) is 0 Å². The molecule has 2 nitrogen and oxygen atoms in total. The Labute approximate surface area is 111 Å². The van der Waals surface area contributed by atoms with Crippen LogP contribution in [0.1, 0.15) is 24.1 Å². The van der Waals surface area contributed by atoms with Gasteiger partial charge in [-0.05, 0) is 24.2 Å². The average molecular weight is 265 g/mol. The summed E-state index contributed by atoms with van der Waals surface area (Å²) >= 11 is 6.13. The van der Waals surface area contributed by atoms with Crippen LogP contribution in [0.4, 0.5) is 4.39 Å². The number of benzene rings is 1. The Bertz CT molecular complexity index is 485. The lowest BCUT2D eigenvalue weighted by Gasteiger charge is -2.20. The molecule has 2 rings (SSSR count). The summed E-state index contributed by atoms with van der Waals surface area (Å²) in [6.45, 7) is 2.70. The van der Waals surface area contributed by atoms with E-state index in [9.17, 15) is 4.39 Å². The highest BCUT2D eigenvalue weighted by Gasteiger charge is 2.18. The molecule has 1 heterocycles. The van der Waals surface area contributed by atoms with Crippen molar-refractivity contribution < 1.29 is 4.39 Å². The molecule has 1 atom stereocenters. The van der Waals surface area contributed by atoms with Gasteiger partial charge in [0.05, 0.1) is 11.1 Å². The molecule has 0 fully saturated rings. The average Bonchev–Trinajstić information content (AvgIpc) is 2.38. The van der Waals surface area contributed by atoms with E-state index in [1.54, 1.807) is 24.5 Å². The maximum atomic E-state index is 13.9.